The van der Waals surface area contributed by atoms with Gasteiger partial charge in [0.2, 0.25) is 0 Å². The zero-order valence-electron chi connectivity index (χ0n) is 10.0. The van der Waals surface area contributed by atoms with Gasteiger partial charge in [-0.2, -0.15) is 0 Å². The van der Waals surface area contributed by atoms with Crippen molar-refractivity contribution in [3.05, 3.63) is 60.2 Å². The molecule has 0 unspecified atom stereocenters. The number of benzene rings is 1. The van der Waals surface area contributed by atoms with Crippen LogP contribution in [0.25, 0.3) is 16.5 Å². The molecular formula is C15H14N2. The summed E-state index contributed by atoms with van der Waals surface area (Å²) in [6, 6.07) is 12.7. The molecule has 17 heavy (non-hydrogen) atoms. The minimum atomic E-state index is 1.19. The summed E-state index contributed by atoms with van der Waals surface area (Å²) in [5.74, 6) is 0. The molecule has 84 valence electrons. The zero-order chi connectivity index (χ0) is 11.8. The molecule has 0 fully saturated rings. The minimum Gasteiger partial charge on any atom is -0.318 e. The summed E-state index contributed by atoms with van der Waals surface area (Å²) in [5.41, 5.74) is 3.70. The second kappa shape index (κ2) is 3.74. The molecule has 2 aromatic heterocycles. The van der Waals surface area contributed by atoms with Crippen LogP contribution in [0.1, 0.15) is 11.4 Å². The number of aromatic nitrogens is 2. The van der Waals surface area contributed by atoms with Crippen molar-refractivity contribution in [3.63, 3.8) is 0 Å². The number of hydrogen-bond acceptors (Lipinski definition) is 1. The van der Waals surface area contributed by atoms with Crippen LogP contribution in [0.4, 0.5) is 0 Å². The molecule has 0 saturated heterocycles. The van der Waals surface area contributed by atoms with Crippen LogP contribution < -0.4 is 0 Å². The largest absolute Gasteiger partial charge is 0.318 e. The molecule has 0 saturated carbocycles. The van der Waals surface area contributed by atoms with E-state index in [4.69, 9.17) is 0 Å². The van der Waals surface area contributed by atoms with Crippen molar-refractivity contribution in [2.75, 3.05) is 0 Å². The molecule has 2 heterocycles. The minimum absolute atomic E-state index is 1.19. The molecule has 1 aromatic carbocycles. The fourth-order valence-corrected chi connectivity index (χ4v) is 2.34. The van der Waals surface area contributed by atoms with Crippen LogP contribution in [0, 0.1) is 13.8 Å². The molecule has 3 aromatic rings. The Morgan fingerprint density at radius 2 is 1.71 bits per heavy atom. The quantitative estimate of drug-likeness (QED) is 0.614. The van der Waals surface area contributed by atoms with Crippen LogP contribution in [0.2, 0.25) is 0 Å². The predicted octanol–water partition coefficient (Wildman–Crippen LogP) is 3.64. The lowest BCUT2D eigenvalue weighted by Crippen LogP contribution is -1.99. The molecule has 0 spiro atoms. The van der Waals surface area contributed by atoms with Crippen molar-refractivity contribution in [2.45, 2.75) is 13.8 Å². The third-order valence-electron chi connectivity index (χ3n) is 3.17. The molecule has 0 radical (unpaired) electrons. The standard InChI is InChI=1S/C15H14N2/c1-11-6-7-12(2)17(11)15-5-3-4-13-8-9-16-10-14(13)15/h3-10H,1-2H3. The fourth-order valence-electron chi connectivity index (χ4n) is 2.34. The molecule has 3 rings (SSSR count). The molecule has 2 nitrogen and oxygen atoms in total. The van der Waals surface area contributed by atoms with Gasteiger partial charge in [-0.05, 0) is 43.5 Å². The lowest BCUT2D eigenvalue weighted by atomic mass is 10.1. The van der Waals surface area contributed by atoms with Gasteiger partial charge >= 0.3 is 0 Å². The maximum absolute atomic E-state index is 4.23. The van der Waals surface area contributed by atoms with Gasteiger partial charge in [0.15, 0.2) is 0 Å². The Morgan fingerprint density at radius 3 is 2.47 bits per heavy atom. The SMILES string of the molecule is Cc1ccc(C)n1-c1cccc2ccncc12. The maximum Gasteiger partial charge on any atom is 0.0548 e. The summed E-state index contributed by atoms with van der Waals surface area (Å²) in [6.07, 6.45) is 3.77. The lowest BCUT2D eigenvalue weighted by molar-refractivity contribution is 0.974. The van der Waals surface area contributed by atoms with Crippen molar-refractivity contribution < 1.29 is 0 Å². The summed E-state index contributed by atoms with van der Waals surface area (Å²) < 4.78 is 2.27. The fraction of sp³-hybridized carbons (Fsp3) is 0.133. The van der Waals surface area contributed by atoms with E-state index in [1.165, 1.54) is 27.8 Å². The van der Waals surface area contributed by atoms with Gasteiger partial charge in [0, 0.05) is 29.2 Å². The highest BCUT2D eigenvalue weighted by Gasteiger charge is 2.07. The van der Waals surface area contributed by atoms with E-state index in [-0.39, 0.29) is 0 Å². The van der Waals surface area contributed by atoms with Crippen LogP contribution in [-0.2, 0) is 0 Å². The van der Waals surface area contributed by atoms with Gasteiger partial charge < -0.3 is 4.57 Å². The summed E-state index contributed by atoms with van der Waals surface area (Å²) >= 11 is 0. The topological polar surface area (TPSA) is 17.8 Å². The number of rotatable bonds is 1. The first-order valence-electron chi connectivity index (χ1n) is 5.75. The summed E-state index contributed by atoms with van der Waals surface area (Å²) in [6.45, 7) is 4.25. The van der Waals surface area contributed by atoms with Gasteiger partial charge in [0.25, 0.3) is 0 Å². The second-order valence-corrected chi connectivity index (χ2v) is 4.33. The molecular weight excluding hydrogens is 208 g/mol. The first-order chi connectivity index (χ1) is 8.27. The highest BCUT2D eigenvalue weighted by molar-refractivity contribution is 5.89. The Kier molecular flexibility index (Phi) is 2.22. The van der Waals surface area contributed by atoms with E-state index < -0.39 is 0 Å². The number of aryl methyl sites for hydroxylation is 2. The Balaban J connectivity index is 2.38. The lowest BCUT2D eigenvalue weighted by Gasteiger charge is -2.12. The molecule has 0 N–H and O–H groups in total. The Hall–Kier alpha value is -2.09. The number of hydrogen-bond donors (Lipinski definition) is 0. The maximum atomic E-state index is 4.23. The molecule has 0 aliphatic heterocycles. The van der Waals surface area contributed by atoms with E-state index in [9.17, 15) is 0 Å². The Morgan fingerprint density at radius 1 is 0.941 bits per heavy atom. The van der Waals surface area contributed by atoms with Crippen LogP contribution in [0.15, 0.2) is 48.8 Å². The van der Waals surface area contributed by atoms with Crippen LogP contribution in [-0.4, -0.2) is 9.55 Å². The average molecular weight is 222 g/mol. The second-order valence-electron chi connectivity index (χ2n) is 4.33. The Labute approximate surface area is 101 Å². The molecule has 2 heteroatoms. The predicted molar refractivity (Wildman–Crippen MR) is 70.5 cm³/mol. The van der Waals surface area contributed by atoms with Crippen LogP contribution in [0.3, 0.4) is 0 Å². The van der Waals surface area contributed by atoms with Gasteiger partial charge in [0.1, 0.15) is 0 Å². The van der Waals surface area contributed by atoms with E-state index in [2.05, 4.69) is 53.7 Å². The number of fused-ring (bicyclic) bond motifs is 1. The van der Waals surface area contributed by atoms with E-state index in [1.54, 1.807) is 0 Å². The van der Waals surface area contributed by atoms with Crippen molar-refractivity contribution in [2.24, 2.45) is 0 Å². The molecule has 0 atom stereocenters. The summed E-state index contributed by atoms with van der Waals surface area (Å²) in [5, 5.41) is 2.42. The highest BCUT2D eigenvalue weighted by atomic mass is 15.0. The van der Waals surface area contributed by atoms with Crippen molar-refractivity contribution in [1.29, 1.82) is 0 Å². The van der Waals surface area contributed by atoms with Gasteiger partial charge in [-0.3, -0.25) is 4.98 Å². The first kappa shape index (κ1) is 10.1. The van der Waals surface area contributed by atoms with Crippen LogP contribution in [0.5, 0.6) is 0 Å². The van der Waals surface area contributed by atoms with E-state index in [0.717, 1.165) is 0 Å². The smallest absolute Gasteiger partial charge is 0.0548 e. The molecule has 0 aliphatic rings. The molecule has 0 aliphatic carbocycles. The van der Waals surface area contributed by atoms with Gasteiger partial charge in [-0.25, -0.2) is 0 Å². The van der Waals surface area contributed by atoms with E-state index in [1.807, 2.05) is 18.5 Å². The van der Waals surface area contributed by atoms with Crippen molar-refractivity contribution >= 4 is 10.8 Å². The molecule has 0 amide bonds. The van der Waals surface area contributed by atoms with Crippen LogP contribution >= 0.6 is 0 Å². The van der Waals surface area contributed by atoms with E-state index in [0.29, 0.717) is 0 Å². The van der Waals surface area contributed by atoms with Gasteiger partial charge in [0.05, 0.1) is 5.69 Å². The summed E-state index contributed by atoms with van der Waals surface area (Å²) in [7, 11) is 0. The normalized spacial score (nSPS) is 10.9. The third kappa shape index (κ3) is 1.53. The summed E-state index contributed by atoms with van der Waals surface area (Å²) in [4.78, 5) is 4.23. The number of pyridine rings is 1. The zero-order valence-corrected chi connectivity index (χ0v) is 10.0. The van der Waals surface area contributed by atoms with Gasteiger partial charge in [-0.15, -0.1) is 0 Å². The van der Waals surface area contributed by atoms with Crippen molar-refractivity contribution in [1.82, 2.24) is 9.55 Å². The monoisotopic (exact) mass is 222 g/mol. The number of nitrogens with zero attached hydrogens (tertiary/aromatic N) is 2. The third-order valence-corrected chi connectivity index (χ3v) is 3.17. The highest BCUT2D eigenvalue weighted by Crippen LogP contribution is 2.24. The van der Waals surface area contributed by atoms with Crippen molar-refractivity contribution in [3.8, 4) is 5.69 Å². The Bertz CT molecular complexity index is 655. The first-order valence-corrected chi connectivity index (χ1v) is 5.75. The van der Waals surface area contributed by atoms with E-state index >= 15 is 0 Å². The molecule has 0 bridgehead atoms. The average Bonchev–Trinajstić information content (AvgIpc) is 2.69. The van der Waals surface area contributed by atoms with Gasteiger partial charge in [-0.1, -0.05) is 12.1 Å².